The Morgan fingerprint density at radius 2 is 0.699 bits per heavy atom. The molecule has 0 aliphatic carbocycles. The number of rotatable bonds is 45. The van der Waals surface area contributed by atoms with E-state index in [0.717, 1.165) is 14.2 Å². The highest BCUT2D eigenvalue weighted by Crippen LogP contribution is 2.52. The lowest BCUT2D eigenvalue weighted by Crippen LogP contribution is -3.13. The largest absolute Gasteiger partial charge is 0.437 e. The fraction of sp³-hybridized carbons (Fsp3) is 1.00. The Balaban J connectivity index is 12.8. The van der Waals surface area contributed by atoms with Gasteiger partial charge in [0.05, 0.1) is 7.11 Å². The molecule has 73 heavy (non-hydrogen) atoms. The van der Waals surface area contributed by atoms with Gasteiger partial charge in [-0.15, -0.1) is 0 Å². The summed E-state index contributed by atoms with van der Waals surface area (Å²) in [7, 11) is -70.3. The Morgan fingerprint density at radius 3 is 0.932 bits per heavy atom. The molecule has 39 radical (unpaired) electrons. The van der Waals surface area contributed by atoms with Crippen LogP contribution in [0.1, 0.15) is 0 Å². The first-order valence-corrected chi connectivity index (χ1v) is 82.4. The maximum Gasteiger partial charge on any atom is 0.424 e. The molecule has 65 heteroatoms. The topological polar surface area (TPSA) is 514 Å². The summed E-state index contributed by atoms with van der Waals surface area (Å²) in [5, 5.41) is 0. The second-order valence-corrected chi connectivity index (χ2v) is 146. The van der Waals surface area contributed by atoms with Crippen molar-refractivity contribution in [3.63, 3.8) is 0 Å². The highest BCUT2D eigenvalue weighted by molar-refractivity contribution is 8.23. The van der Waals surface area contributed by atoms with Crippen molar-refractivity contribution in [1.82, 2.24) is 0 Å². The van der Waals surface area contributed by atoms with Crippen LogP contribution >= 0.6 is 0 Å². The van der Waals surface area contributed by atoms with Crippen LogP contribution in [-0.2, 0) is 59.2 Å². The molecule has 0 spiro atoms. The summed E-state index contributed by atoms with van der Waals surface area (Å²) in [6.07, 6.45) is 0. The predicted molar refractivity (Wildman–Crippen MR) is 289 cm³/mol. The molecule has 0 heterocycles. The van der Waals surface area contributed by atoms with Gasteiger partial charge in [0.25, 0.3) is 50.9 Å². The molecule has 0 amide bonds. The zero-order chi connectivity index (χ0) is 56.9. The van der Waals surface area contributed by atoms with E-state index in [1.54, 1.807) is 19.6 Å². The fourth-order valence-electron chi connectivity index (χ4n) is 6.54. The monoisotopic (exact) mass is 1560 g/mol. The average molecular weight is 1570 g/mol. The van der Waals surface area contributed by atoms with E-state index in [2.05, 4.69) is 0 Å². The molecule has 0 fully saturated rings. The summed E-state index contributed by atoms with van der Waals surface area (Å²) in [4.78, 5) is 229. The van der Waals surface area contributed by atoms with Gasteiger partial charge >= 0.3 is 108 Å². The van der Waals surface area contributed by atoms with E-state index >= 15 is 0 Å². The molecular formula is C8H43O33Si32. The zero-order valence-corrected chi connectivity index (χ0v) is 70.2. The zero-order valence-electron chi connectivity index (χ0n) is 38.2. The van der Waals surface area contributed by atoms with Gasteiger partial charge in [-0.05, 0) is 32.7 Å². The SMILES string of the molecule is COO[Si](O[Si]([Si](O[Si]O)([Si]O)[Si]O)([Si](O[Si]O)([Si]O)[Si]O)[Si](O[Si](C)(C)O[Si](C)(C)C)(O[Si](O[Si]O)([Si]O)[Si](O)OC)[Si](O[Si](O[Si]O)([Si]O)[Si]O)([Si](O[Si]O)([Si]O)[Si]O)[Si](O[Si]O)([Si]O)[Si]O)([Si]C)[Si]O. The van der Waals surface area contributed by atoms with Crippen LogP contribution in [0.25, 0.3) is 0 Å². The van der Waals surface area contributed by atoms with Gasteiger partial charge in [-0.2, -0.15) is 0 Å². The van der Waals surface area contributed by atoms with Crippen molar-refractivity contribution >= 4 is 278 Å². The third kappa shape index (κ3) is 16.4. The minimum atomic E-state index is -7.25. The van der Waals surface area contributed by atoms with E-state index in [1.165, 1.54) is 19.6 Å². The van der Waals surface area contributed by atoms with Crippen LogP contribution in [0, 0.1) is 0 Å². The highest BCUT2D eigenvalue weighted by atomic mass is 30.5. The fourth-order valence-corrected chi connectivity index (χ4v) is 416. The van der Waals surface area contributed by atoms with Crippen LogP contribution in [-0.4, -0.2) is 383 Å². The highest BCUT2D eigenvalue weighted by Gasteiger charge is 2.99. The first-order valence-electron chi connectivity index (χ1n) is 18.1. The van der Waals surface area contributed by atoms with Gasteiger partial charge in [0, 0.05) is 7.11 Å². The van der Waals surface area contributed by atoms with E-state index in [4.69, 9.17) is 59.2 Å². The van der Waals surface area contributed by atoms with E-state index < -0.39 is 278 Å². The van der Waals surface area contributed by atoms with Crippen molar-refractivity contribution < 1.29 is 150 Å². The molecule has 0 aromatic carbocycles. The Bertz CT molecular complexity index is 1380. The molecule has 3 atom stereocenters. The first kappa shape index (κ1) is 78.6. The van der Waals surface area contributed by atoms with Gasteiger partial charge in [0.15, 0.2) is 8.32 Å². The van der Waals surface area contributed by atoms with Crippen molar-refractivity contribution in [3.05, 3.63) is 0 Å². The predicted octanol–water partition coefficient (Wildman–Crippen LogP) is -19.9. The molecule has 0 aliphatic rings. The molecule has 0 aromatic heterocycles. The lowest BCUT2D eigenvalue weighted by Gasteiger charge is -2.69. The summed E-state index contributed by atoms with van der Waals surface area (Å²) in [5.74, 6) is 0. The Hall–Kier alpha value is 5.62. The summed E-state index contributed by atoms with van der Waals surface area (Å²) >= 11 is 0. The molecule has 33 nitrogen and oxygen atoms in total. The van der Waals surface area contributed by atoms with Gasteiger partial charge in [-0.1, -0.05) is 6.55 Å². The lowest BCUT2D eigenvalue weighted by molar-refractivity contribution is -0.194. The molecular weight excluding hydrogens is 1520 g/mol. The first-order chi connectivity index (χ1) is 34.2. The number of hydrogen-bond donors (Lipinski definition) is 19. The Morgan fingerprint density at radius 1 is 0.370 bits per heavy atom. The van der Waals surface area contributed by atoms with Gasteiger partial charge in [0.1, 0.15) is 9.04 Å². The standard InChI is InChI=1S/C8H43O33Si32/c1-28-30-64(42-3,49-15)39-72(68(53-19,54-20)33-45-11,69(55-21,56-22)34-46-12)67(38-63(7,8)37-62(4,5)6,41-66(52-18,32-44-10)61(27)29-2)73(70(57-23,58-24)35-47-13,71(59-25,60-26)36-48-14)40-65(50-16,51-17)31-43-9/h9-27H,1-8H3. The van der Waals surface area contributed by atoms with Crippen molar-refractivity contribution in [2.45, 2.75) is 39.3 Å². The Labute approximate surface area is 476 Å². The normalized spacial score (nSPS) is 16.8. The maximum absolute atomic E-state index is 12.4. The van der Waals surface area contributed by atoms with Crippen LogP contribution in [0.4, 0.5) is 0 Å². The molecule has 0 saturated carbocycles. The molecule has 0 aliphatic heterocycles. The summed E-state index contributed by atoms with van der Waals surface area (Å²) < 4.78 is 84.6. The lowest BCUT2D eigenvalue weighted by atomic mass is 11.8. The number of hydrogen-bond acceptors (Lipinski definition) is 33. The van der Waals surface area contributed by atoms with Gasteiger partial charge in [-0.25, -0.2) is 4.89 Å². The van der Waals surface area contributed by atoms with Crippen LogP contribution in [0.3, 0.4) is 0 Å². The van der Waals surface area contributed by atoms with Crippen LogP contribution in [0.15, 0.2) is 0 Å². The molecule has 0 saturated heterocycles. The molecule has 0 bridgehead atoms. The average Bonchev–Trinajstić information content (AvgIpc) is 3.37. The summed E-state index contributed by atoms with van der Waals surface area (Å²) in [6, 6.07) is 0. The van der Waals surface area contributed by atoms with Crippen LogP contribution in [0.5, 0.6) is 0 Å². The van der Waals surface area contributed by atoms with Crippen molar-refractivity contribution in [2.75, 3.05) is 14.2 Å². The smallest absolute Gasteiger partial charge is 0.424 e. The van der Waals surface area contributed by atoms with E-state index in [9.17, 15) is 91.1 Å². The van der Waals surface area contributed by atoms with E-state index in [-0.39, 0.29) is 0 Å². The summed E-state index contributed by atoms with van der Waals surface area (Å²) in [5.41, 5.74) is 0. The molecule has 0 rings (SSSR count). The van der Waals surface area contributed by atoms with Crippen LogP contribution < -0.4 is 0 Å². The quantitative estimate of drug-likeness (QED) is 0.0153. The molecule has 19 N–H and O–H groups in total. The van der Waals surface area contributed by atoms with Gasteiger partial charge in [0.2, 0.25) is 102 Å². The van der Waals surface area contributed by atoms with Crippen molar-refractivity contribution in [2.24, 2.45) is 0 Å². The minimum Gasteiger partial charge on any atom is -0.437 e. The molecule has 3 unspecified atom stereocenters. The molecule has 0 aromatic rings. The van der Waals surface area contributed by atoms with Crippen molar-refractivity contribution in [3.8, 4) is 0 Å². The second kappa shape index (κ2) is 35.3. The third-order valence-electron chi connectivity index (χ3n) is 8.76. The molecule has 401 valence electrons. The third-order valence-corrected chi connectivity index (χ3v) is 245. The van der Waals surface area contributed by atoms with E-state index in [0.29, 0.717) is 0 Å². The van der Waals surface area contributed by atoms with Crippen LogP contribution in [0.2, 0.25) is 39.3 Å². The van der Waals surface area contributed by atoms with Gasteiger partial charge < -0.3 is 141 Å². The van der Waals surface area contributed by atoms with Gasteiger partial charge in [-0.3, -0.25) is 4.58 Å². The maximum atomic E-state index is 12.4. The van der Waals surface area contributed by atoms with Crippen molar-refractivity contribution in [1.29, 1.82) is 0 Å². The van der Waals surface area contributed by atoms with E-state index in [1.807, 2.05) is 0 Å². The summed E-state index contributed by atoms with van der Waals surface area (Å²) in [6.45, 7) is -28.8. The Kier molecular flexibility index (Phi) is 38.0. The second-order valence-electron chi connectivity index (χ2n) is 14.1. The minimum absolute atomic E-state index is 0.864.